The van der Waals surface area contributed by atoms with Gasteiger partial charge in [-0.25, -0.2) is 16.8 Å². The summed E-state index contributed by atoms with van der Waals surface area (Å²) < 4.78 is 57.5. The summed E-state index contributed by atoms with van der Waals surface area (Å²) in [6, 6.07) is 8.62. The molecule has 0 aliphatic carbocycles. The van der Waals surface area contributed by atoms with Gasteiger partial charge in [0, 0.05) is 13.1 Å². The van der Waals surface area contributed by atoms with Gasteiger partial charge in [0.15, 0.2) is 0 Å². The number of rotatable bonds is 10. The molecule has 0 unspecified atom stereocenters. The molecular formula is C21H24Cl3N3O6S2. The van der Waals surface area contributed by atoms with Gasteiger partial charge in [-0.1, -0.05) is 34.8 Å². The van der Waals surface area contributed by atoms with Crippen molar-refractivity contribution in [2.75, 3.05) is 43.3 Å². The van der Waals surface area contributed by atoms with Crippen molar-refractivity contribution in [2.45, 2.75) is 17.7 Å². The highest BCUT2D eigenvalue weighted by molar-refractivity contribution is 7.92. The summed E-state index contributed by atoms with van der Waals surface area (Å²) in [5, 5.41) is 2.83. The number of carbonyl (C=O) groups is 1. The lowest BCUT2D eigenvalue weighted by molar-refractivity contribution is -0.119. The molecular weight excluding hydrogens is 561 g/mol. The predicted molar refractivity (Wildman–Crippen MR) is 137 cm³/mol. The number of sulfonamides is 2. The number of hydrogen-bond acceptors (Lipinski definition) is 6. The molecule has 3 rings (SSSR count). The first kappa shape index (κ1) is 27.8. The minimum Gasteiger partial charge on any atom is -0.492 e. The second-order valence-electron chi connectivity index (χ2n) is 7.77. The van der Waals surface area contributed by atoms with E-state index in [1.54, 1.807) is 12.1 Å². The Bertz CT molecular complexity index is 1280. The topological polar surface area (TPSA) is 113 Å². The van der Waals surface area contributed by atoms with Crippen LogP contribution in [0.1, 0.15) is 12.8 Å². The molecule has 1 fully saturated rings. The van der Waals surface area contributed by atoms with Gasteiger partial charge < -0.3 is 10.1 Å². The van der Waals surface area contributed by atoms with Crippen LogP contribution >= 0.6 is 34.8 Å². The number of nitrogens with zero attached hydrogens (tertiary/aromatic N) is 2. The van der Waals surface area contributed by atoms with E-state index < -0.39 is 32.5 Å². The third-order valence-electron chi connectivity index (χ3n) is 5.17. The second kappa shape index (κ2) is 11.5. The van der Waals surface area contributed by atoms with Crippen LogP contribution in [0, 0.1) is 0 Å². The first-order chi connectivity index (χ1) is 16.4. The molecule has 0 radical (unpaired) electrons. The van der Waals surface area contributed by atoms with Gasteiger partial charge in [0.05, 0.1) is 38.5 Å². The molecule has 9 nitrogen and oxygen atoms in total. The van der Waals surface area contributed by atoms with Gasteiger partial charge in [-0.3, -0.25) is 9.10 Å². The van der Waals surface area contributed by atoms with Crippen molar-refractivity contribution in [3.8, 4) is 5.75 Å². The molecule has 0 saturated carbocycles. The number of nitrogens with one attached hydrogen (secondary N) is 1. The summed E-state index contributed by atoms with van der Waals surface area (Å²) in [5.41, 5.74) is 0.0268. The van der Waals surface area contributed by atoms with E-state index in [1.807, 2.05) is 0 Å². The highest BCUT2D eigenvalue weighted by atomic mass is 35.5. The van der Waals surface area contributed by atoms with E-state index in [1.165, 1.54) is 28.6 Å². The Morgan fingerprint density at radius 1 is 1.00 bits per heavy atom. The van der Waals surface area contributed by atoms with Gasteiger partial charge in [-0.2, -0.15) is 4.31 Å². The number of hydrogen-bond donors (Lipinski definition) is 1. The maximum absolute atomic E-state index is 12.6. The molecule has 0 atom stereocenters. The molecule has 1 N–H and O–H groups in total. The van der Waals surface area contributed by atoms with Gasteiger partial charge in [0.25, 0.3) is 0 Å². The van der Waals surface area contributed by atoms with E-state index in [2.05, 4.69) is 5.32 Å². The summed E-state index contributed by atoms with van der Waals surface area (Å²) in [7, 11) is -7.36. The summed E-state index contributed by atoms with van der Waals surface area (Å²) in [4.78, 5) is 12.6. The molecule has 35 heavy (non-hydrogen) atoms. The maximum Gasteiger partial charge on any atom is 0.243 e. The van der Waals surface area contributed by atoms with Crippen LogP contribution in [0.2, 0.25) is 15.1 Å². The summed E-state index contributed by atoms with van der Waals surface area (Å²) in [6.45, 7) is 0.678. The van der Waals surface area contributed by atoms with Crippen LogP contribution in [0.3, 0.4) is 0 Å². The third-order valence-corrected chi connectivity index (χ3v) is 9.23. The molecule has 1 saturated heterocycles. The number of amides is 1. The van der Waals surface area contributed by atoms with E-state index in [4.69, 9.17) is 39.5 Å². The molecule has 1 heterocycles. The zero-order valence-corrected chi connectivity index (χ0v) is 22.6. The van der Waals surface area contributed by atoms with Gasteiger partial charge in [0.2, 0.25) is 26.0 Å². The smallest absolute Gasteiger partial charge is 0.243 e. The lowest BCUT2D eigenvalue weighted by Gasteiger charge is -2.23. The van der Waals surface area contributed by atoms with Crippen LogP contribution in [0.4, 0.5) is 5.69 Å². The molecule has 14 heteroatoms. The average Bonchev–Trinajstić information content (AvgIpc) is 3.33. The lowest BCUT2D eigenvalue weighted by atomic mass is 10.3. The first-order valence-corrected chi connectivity index (χ1v) is 14.9. The number of halogens is 3. The molecule has 0 spiro atoms. The Hall–Kier alpha value is -1.76. The fourth-order valence-electron chi connectivity index (χ4n) is 3.42. The quantitative estimate of drug-likeness (QED) is 0.338. The largest absolute Gasteiger partial charge is 0.492 e. The molecule has 2 aromatic carbocycles. The van der Waals surface area contributed by atoms with E-state index in [0.29, 0.717) is 18.8 Å². The minimum atomic E-state index is -3.86. The van der Waals surface area contributed by atoms with Crippen molar-refractivity contribution in [1.29, 1.82) is 0 Å². The van der Waals surface area contributed by atoms with Crippen molar-refractivity contribution in [2.24, 2.45) is 0 Å². The zero-order chi connectivity index (χ0) is 25.8. The van der Waals surface area contributed by atoms with Crippen molar-refractivity contribution < 1.29 is 26.4 Å². The number of carbonyl (C=O) groups excluding carboxylic acids is 1. The molecule has 0 bridgehead atoms. The Morgan fingerprint density at radius 2 is 1.60 bits per heavy atom. The SMILES string of the molecule is CS(=O)(=O)N(CC(=O)NCCOc1ccc(S(=O)(=O)N2CCCC2)cc1)c1cc(Cl)c(Cl)cc1Cl. The Labute approximate surface area is 220 Å². The third kappa shape index (κ3) is 7.14. The average molecular weight is 585 g/mol. The van der Waals surface area contributed by atoms with E-state index in [0.717, 1.165) is 23.4 Å². The van der Waals surface area contributed by atoms with Gasteiger partial charge >= 0.3 is 0 Å². The van der Waals surface area contributed by atoms with Crippen molar-refractivity contribution in [1.82, 2.24) is 9.62 Å². The minimum absolute atomic E-state index is 0.0242. The van der Waals surface area contributed by atoms with Crippen LogP contribution in [0.15, 0.2) is 41.3 Å². The van der Waals surface area contributed by atoms with Gasteiger partial charge in [0.1, 0.15) is 18.9 Å². The van der Waals surface area contributed by atoms with Crippen LogP contribution in [0.5, 0.6) is 5.75 Å². The van der Waals surface area contributed by atoms with E-state index >= 15 is 0 Å². The standard InChI is InChI=1S/C21H24Cl3N3O6S2/c1-34(29,30)27(20-13-18(23)17(22)12-19(20)24)14-21(28)25-8-11-33-15-4-6-16(7-5-15)35(31,32)26-9-2-3-10-26/h4-7,12-13H,2-3,8-11,14H2,1H3,(H,25,28). The van der Waals surface area contributed by atoms with Gasteiger partial charge in [-0.15, -0.1) is 0 Å². The van der Waals surface area contributed by atoms with E-state index in [-0.39, 0.29) is 38.8 Å². The summed E-state index contributed by atoms with van der Waals surface area (Å²) >= 11 is 18.0. The zero-order valence-electron chi connectivity index (χ0n) is 18.7. The second-order valence-corrected chi connectivity index (χ2v) is 12.8. The van der Waals surface area contributed by atoms with Crippen LogP contribution in [0.25, 0.3) is 0 Å². The fraction of sp³-hybridized carbons (Fsp3) is 0.381. The lowest BCUT2D eigenvalue weighted by Crippen LogP contribution is -2.41. The van der Waals surface area contributed by atoms with Crippen molar-refractivity contribution >= 4 is 66.4 Å². The summed E-state index contributed by atoms with van der Waals surface area (Å²) in [6.07, 6.45) is 2.65. The fourth-order valence-corrected chi connectivity index (χ4v) is 6.49. The Morgan fingerprint density at radius 3 is 2.20 bits per heavy atom. The highest BCUT2D eigenvalue weighted by Crippen LogP contribution is 2.35. The number of ether oxygens (including phenoxy) is 1. The number of anilines is 1. The summed E-state index contributed by atoms with van der Waals surface area (Å²) in [5.74, 6) is -0.159. The molecule has 1 aliphatic heterocycles. The molecule has 1 amide bonds. The van der Waals surface area contributed by atoms with Crippen LogP contribution in [-0.4, -0.2) is 66.1 Å². The Kier molecular flexibility index (Phi) is 9.16. The molecule has 2 aromatic rings. The van der Waals surface area contributed by atoms with Crippen molar-refractivity contribution in [3.05, 3.63) is 51.5 Å². The Balaban J connectivity index is 1.54. The normalized spacial score (nSPS) is 14.6. The molecule has 192 valence electrons. The number of benzene rings is 2. The van der Waals surface area contributed by atoms with Crippen LogP contribution < -0.4 is 14.4 Å². The monoisotopic (exact) mass is 583 g/mol. The maximum atomic E-state index is 12.6. The van der Waals surface area contributed by atoms with Gasteiger partial charge in [-0.05, 0) is 49.2 Å². The molecule has 1 aliphatic rings. The predicted octanol–water partition coefficient (Wildman–Crippen LogP) is 3.39. The van der Waals surface area contributed by atoms with Crippen molar-refractivity contribution in [3.63, 3.8) is 0 Å². The first-order valence-electron chi connectivity index (χ1n) is 10.5. The highest BCUT2D eigenvalue weighted by Gasteiger charge is 2.27. The van der Waals surface area contributed by atoms with E-state index in [9.17, 15) is 21.6 Å². The van der Waals surface area contributed by atoms with Crippen LogP contribution in [-0.2, 0) is 24.8 Å². The molecule has 0 aromatic heterocycles.